The molecule has 0 heterocycles. The van der Waals surface area contributed by atoms with E-state index in [-0.39, 0.29) is 0 Å². The minimum Gasteiger partial charge on any atom is -0.497 e. The molecule has 0 bridgehead atoms. The fourth-order valence-corrected chi connectivity index (χ4v) is 1.60. The van der Waals surface area contributed by atoms with E-state index in [2.05, 4.69) is 11.6 Å². The monoisotopic (exact) mass is 267 g/mol. The van der Waals surface area contributed by atoms with Gasteiger partial charge in [0, 0.05) is 11.6 Å². The minimum atomic E-state index is 0.490. The SMILES string of the molecule is C=C(C)C(=Nc1ccccc1)Oc1cccc(OC)c1. The van der Waals surface area contributed by atoms with Crippen molar-refractivity contribution in [2.45, 2.75) is 6.92 Å². The lowest BCUT2D eigenvalue weighted by Crippen LogP contribution is -2.09. The second kappa shape index (κ2) is 6.57. The molecule has 0 aliphatic rings. The van der Waals surface area contributed by atoms with Crippen molar-refractivity contribution in [1.82, 2.24) is 0 Å². The number of benzene rings is 2. The molecule has 0 spiro atoms. The van der Waals surface area contributed by atoms with Crippen molar-refractivity contribution in [2.24, 2.45) is 4.99 Å². The molecule has 3 nitrogen and oxygen atoms in total. The molecule has 0 saturated heterocycles. The molecule has 0 aliphatic heterocycles. The molecule has 0 aliphatic carbocycles. The Kier molecular flexibility index (Phi) is 4.56. The van der Waals surface area contributed by atoms with E-state index in [0.29, 0.717) is 11.6 Å². The number of para-hydroxylation sites is 1. The maximum absolute atomic E-state index is 5.79. The van der Waals surface area contributed by atoms with Crippen LogP contribution in [0.25, 0.3) is 0 Å². The first-order chi connectivity index (χ1) is 9.69. The summed E-state index contributed by atoms with van der Waals surface area (Å²) in [4.78, 5) is 4.46. The van der Waals surface area contributed by atoms with Gasteiger partial charge in [-0.15, -0.1) is 0 Å². The van der Waals surface area contributed by atoms with Gasteiger partial charge in [-0.3, -0.25) is 0 Å². The van der Waals surface area contributed by atoms with Gasteiger partial charge in [0.05, 0.1) is 12.8 Å². The maximum Gasteiger partial charge on any atom is 0.222 e. The van der Waals surface area contributed by atoms with Crippen molar-refractivity contribution in [3.63, 3.8) is 0 Å². The Labute approximate surface area is 119 Å². The molecule has 0 atom stereocenters. The molecule has 0 fully saturated rings. The van der Waals surface area contributed by atoms with Gasteiger partial charge in [-0.25, -0.2) is 4.99 Å². The van der Waals surface area contributed by atoms with Crippen molar-refractivity contribution in [1.29, 1.82) is 0 Å². The number of methoxy groups -OCH3 is 1. The van der Waals surface area contributed by atoms with E-state index in [0.717, 1.165) is 17.0 Å². The first kappa shape index (κ1) is 13.9. The van der Waals surface area contributed by atoms with Crippen LogP contribution in [0.15, 0.2) is 71.7 Å². The van der Waals surface area contributed by atoms with Crippen LogP contribution in [0.1, 0.15) is 6.92 Å². The van der Waals surface area contributed by atoms with Gasteiger partial charge in [0.15, 0.2) is 0 Å². The average Bonchev–Trinajstić information content (AvgIpc) is 2.48. The van der Waals surface area contributed by atoms with E-state index in [4.69, 9.17) is 9.47 Å². The van der Waals surface area contributed by atoms with E-state index < -0.39 is 0 Å². The Hall–Kier alpha value is -2.55. The van der Waals surface area contributed by atoms with Gasteiger partial charge in [-0.1, -0.05) is 30.8 Å². The molecule has 0 saturated carbocycles. The van der Waals surface area contributed by atoms with Gasteiger partial charge in [-0.2, -0.15) is 0 Å². The highest BCUT2D eigenvalue weighted by Crippen LogP contribution is 2.21. The lowest BCUT2D eigenvalue weighted by atomic mass is 10.3. The third-order valence-corrected chi connectivity index (χ3v) is 2.61. The van der Waals surface area contributed by atoms with Gasteiger partial charge in [0.2, 0.25) is 5.90 Å². The third-order valence-electron chi connectivity index (χ3n) is 2.61. The molecule has 0 aromatic heterocycles. The fourth-order valence-electron chi connectivity index (χ4n) is 1.60. The first-order valence-corrected chi connectivity index (χ1v) is 6.30. The lowest BCUT2D eigenvalue weighted by molar-refractivity contribution is 0.412. The second-order valence-corrected chi connectivity index (χ2v) is 4.31. The smallest absolute Gasteiger partial charge is 0.222 e. The van der Waals surface area contributed by atoms with E-state index >= 15 is 0 Å². The molecule has 20 heavy (non-hydrogen) atoms. The van der Waals surface area contributed by atoms with Gasteiger partial charge in [-0.05, 0) is 31.2 Å². The standard InChI is InChI=1S/C17H17NO2/c1-13(2)17(18-14-8-5-4-6-9-14)20-16-11-7-10-15(12-16)19-3/h4-12H,1H2,2-3H3. The van der Waals surface area contributed by atoms with Gasteiger partial charge in [0.1, 0.15) is 11.5 Å². The van der Waals surface area contributed by atoms with Crippen molar-refractivity contribution in [3.8, 4) is 11.5 Å². The quantitative estimate of drug-likeness (QED) is 0.608. The molecule has 2 aromatic carbocycles. The third kappa shape index (κ3) is 3.72. The zero-order valence-electron chi connectivity index (χ0n) is 11.7. The Morgan fingerprint density at radius 2 is 1.70 bits per heavy atom. The summed E-state index contributed by atoms with van der Waals surface area (Å²) in [5.41, 5.74) is 1.59. The summed E-state index contributed by atoms with van der Waals surface area (Å²) in [5, 5.41) is 0. The molecule has 102 valence electrons. The number of hydrogen-bond donors (Lipinski definition) is 0. The number of aliphatic imine (C=N–C) groups is 1. The Morgan fingerprint density at radius 1 is 1.00 bits per heavy atom. The number of nitrogens with zero attached hydrogens (tertiary/aromatic N) is 1. The first-order valence-electron chi connectivity index (χ1n) is 6.30. The van der Waals surface area contributed by atoms with Crippen LogP contribution in [0.2, 0.25) is 0 Å². The highest BCUT2D eigenvalue weighted by molar-refractivity contribution is 5.95. The van der Waals surface area contributed by atoms with Crippen molar-refractivity contribution < 1.29 is 9.47 Å². The normalized spacial score (nSPS) is 11.0. The second-order valence-electron chi connectivity index (χ2n) is 4.31. The summed E-state index contributed by atoms with van der Waals surface area (Å²) in [6, 6.07) is 17.0. The van der Waals surface area contributed by atoms with E-state index in [1.165, 1.54) is 0 Å². The summed E-state index contributed by atoms with van der Waals surface area (Å²) in [6.07, 6.45) is 0. The predicted molar refractivity (Wildman–Crippen MR) is 82.0 cm³/mol. The summed E-state index contributed by atoms with van der Waals surface area (Å²) in [7, 11) is 1.62. The zero-order chi connectivity index (χ0) is 14.4. The Morgan fingerprint density at radius 3 is 2.35 bits per heavy atom. The van der Waals surface area contributed by atoms with Crippen LogP contribution < -0.4 is 9.47 Å². The predicted octanol–water partition coefficient (Wildman–Crippen LogP) is 4.38. The van der Waals surface area contributed by atoms with Crippen LogP contribution in [0, 0.1) is 0 Å². The van der Waals surface area contributed by atoms with Crippen molar-refractivity contribution in [3.05, 3.63) is 66.7 Å². The molecule has 0 radical (unpaired) electrons. The molecular formula is C17H17NO2. The summed E-state index contributed by atoms with van der Waals surface area (Å²) >= 11 is 0. The summed E-state index contributed by atoms with van der Waals surface area (Å²) in [5.74, 6) is 1.90. The molecule has 2 aromatic rings. The Balaban J connectivity index is 2.26. The summed E-state index contributed by atoms with van der Waals surface area (Å²) < 4.78 is 11.0. The maximum atomic E-state index is 5.79. The van der Waals surface area contributed by atoms with Crippen LogP contribution in [0.4, 0.5) is 5.69 Å². The van der Waals surface area contributed by atoms with Gasteiger partial charge >= 0.3 is 0 Å². The highest BCUT2D eigenvalue weighted by atomic mass is 16.5. The zero-order valence-corrected chi connectivity index (χ0v) is 11.7. The number of rotatable bonds is 4. The average molecular weight is 267 g/mol. The molecular weight excluding hydrogens is 250 g/mol. The number of hydrogen-bond acceptors (Lipinski definition) is 3. The molecule has 0 unspecified atom stereocenters. The van der Waals surface area contributed by atoms with Gasteiger partial charge in [0.25, 0.3) is 0 Å². The van der Waals surface area contributed by atoms with E-state index in [1.54, 1.807) is 7.11 Å². The van der Waals surface area contributed by atoms with Crippen LogP contribution in [0.3, 0.4) is 0 Å². The van der Waals surface area contributed by atoms with Crippen LogP contribution >= 0.6 is 0 Å². The van der Waals surface area contributed by atoms with Crippen molar-refractivity contribution >= 4 is 11.6 Å². The topological polar surface area (TPSA) is 30.8 Å². The fraction of sp³-hybridized carbons (Fsp3) is 0.118. The largest absolute Gasteiger partial charge is 0.497 e. The molecule has 0 N–H and O–H groups in total. The molecule has 3 heteroatoms. The summed E-state index contributed by atoms with van der Waals surface area (Å²) in [6.45, 7) is 5.77. The van der Waals surface area contributed by atoms with Crippen LogP contribution in [0.5, 0.6) is 11.5 Å². The molecule has 0 amide bonds. The van der Waals surface area contributed by atoms with Crippen molar-refractivity contribution in [2.75, 3.05) is 7.11 Å². The van der Waals surface area contributed by atoms with Crippen LogP contribution in [-0.4, -0.2) is 13.0 Å². The number of ether oxygens (including phenoxy) is 2. The lowest BCUT2D eigenvalue weighted by Gasteiger charge is -2.09. The van der Waals surface area contributed by atoms with Crippen LogP contribution in [-0.2, 0) is 0 Å². The molecule has 2 rings (SSSR count). The Bertz CT molecular complexity index is 618. The van der Waals surface area contributed by atoms with E-state index in [1.807, 2.05) is 61.5 Å². The van der Waals surface area contributed by atoms with E-state index in [9.17, 15) is 0 Å². The minimum absolute atomic E-state index is 0.490. The van der Waals surface area contributed by atoms with Gasteiger partial charge < -0.3 is 9.47 Å². The highest BCUT2D eigenvalue weighted by Gasteiger charge is 2.05.